The van der Waals surface area contributed by atoms with E-state index in [0.717, 1.165) is 12.1 Å². The highest BCUT2D eigenvalue weighted by atomic mass is 16.5. The Balaban J connectivity index is 2.05. The number of carbonyl (C=O) groups is 1. The molecule has 2 aromatic rings. The first-order valence-corrected chi connectivity index (χ1v) is 7.65. The Hall–Kier alpha value is -2.29. The van der Waals surface area contributed by atoms with Crippen molar-refractivity contribution >= 4 is 11.6 Å². The number of ether oxygens (including phenoxy) is 1. The molecule has 3 rings (SSSR count). The standard InChI is InChI=1S/C19H21NO2/c1-4-19(2)13-20(16-11-7-6-10-15(16)19)18(21)14-9-5-8-12-17(14)22-3/h5-12H,4,13H2,1-3H3. The second-order valence-corrected chi connectivity index (χ2v) is 6.02. The highest BCUT2D eigenvalue weighted by Gasteiger charge is 2.40. The molecule has 0 fully saturated rings. The van der Waals surface area contributed by atoms with Crippen LogP contribution in [0.1, 0.15) is 36.2 Å². The predicted molar refractivity (Wildman–Crippen MR) is 88.8 cm³/mol. The summed E-state index contributed by atoms with van der Waals surface area (Å²) in [5.74, 6) is 0.622. The van der Waals surface area contributed by atoms with Crippen LogP contribution < -0.4 is 9.64 Å². The smallest absolute Gasteiger partial charge is 0.262 e. The van der Waals surface area contributed by atoms with E-state index in [2.05, 4.69) is 19.9 Å². The highest BCUT2D eigenvalue weighted by Crippen LogP contribution is 2.43. The summed E-state index contributed by atoms with van der Waals surface area (Å²) >= 11 is 0. The number of fused-ring (bicyclic) bond motifs is 1. The molecule has 0 aliphatic carbocycles. The molecule has 1 heterocycles. The van der Waals surface area contributed by atoms with Gasteiger partial charge in [-0.15, -0.1) is 0 Å². The molecule has 0 aromatic heterocycles. The molecule has 1 atom stereocenters. The van der Waals surface area contributed by atoms with Crippen molar-refractivity contribution in [1.29, 1.82) is 0 Å². The van der Waals surface area contributed by atoms with E-state index in [-0.39, 0.29) is 11.3 Å². The Morgan fingerprint density at radius 1 is 1.18 bits per heavy atom. The zero-order chi connectivity index (χ0) is 15.7. The summed E-state index contributed by atoms with van der Waals surface area (Å²) in [6, 6.07) is 15.6. The van der Waals surface area contributed by atoms with Crippen LogP contribution in [0.2, 0.25) is 0 Å². The van der Waals surface area contributed by atoms with Gasteiger partial charge in [0.25, 0.3) is 5.91 Å². The highest BCUT2D eigenvalue weighted by molar-refractivity contribution is 6.09. The molecule has 1 unspecified atom stereocenters. The summed E-state index contributed by atoms with van der Waals surface area (Å²) in [4.78, 5) is 14.9. The van der Waals surface area contributed by atoms with Crippen LogP contribution in [-0.2, 0) is 5.41 Å². The van der Waals surface area contributed by atoms with Crippen LogP contribution in [0.15, 0.2) is 48.5 Å². The van der Waals surface area contributed by atoms with Gasteiger partial charge in [0, 0.05) is 17.6 Å². The number of methoxy groups -OCH3 is 1. The number of rotatable bonds is 3. The van der Waals surface area contributed by atoms with Crippen molar-refractivity contribution in [3.63, 3.8) is 0 Å². The molecule has 1 aliphatic heterocycles. The molecule has 3 heteroatoms. The third kappa shape index (κ3) is 2.17. The number of hydrogen-bond acceptors (Lipinski definition) is 2. The molecule has 114 valence electrons. The molecule has 0 spiro atoms. The van der Waals surface area contributed by atoms with Gasteiger partial charge in [0.1, 0.15) is 5.75 Å². The van der Waals surface area contributed by atoms with Gasteiger partial charge in [-0.3, -0.25) is 4.79 Å². The van der Waals surface area contributed by atoms with Gasteiger partial charge in [-0.05, 0) is 30.2 Å². The van der Waals surface area contributed by atoms with E-state index in [1.54, 1.807) is 7.11 Å². The number of anilines is 1. The lowest BCUT2D eigenvalue weighted by Gasteiger charge is -2.24. The molecule has 1 aliphatic rings. The molecular formula is C19H21NO2. The van der Waals surface area contributed by atoms with Crippen LogP contribution in [0.4, 0.5) is 5.69 Å². The molecule has 0 saturated heterocycles. The van der Waals surface area contributed by atoms with Gasteiger partial charge in [0.2, 0.25) is 0 Å². The van der Waals surface area contributed by atoms with Gasteiger partial charge in [-0.1, -0.05) is 44.2 Å². The quantitative estimate of drug-likeness (QED) is 0.856. The maximum absolute atomic E-state index is 13.0. The summed E-state index contributed by atoms with van der Waals surface area (Å²) in [5.41, 5.74) is 2.89. The lowest BCUT2D eigenvalue weighted by Crippen LogP contribution is -2.35. The lowest BCUT2D eigenvalue weighted by atomic mass is 9.82. The molecular weight excluding hydrogens is 274 g/mol. The second-order valence-electron chi connectivity index (χ2n) is 6.02. The average molecular weight is 295 g/mol. The third-order valence-corrected chi connectivity index (χ3v) is 4.72. The fraction of sp³-hybridized carbons (Fsp3) is 0.316. The first-order chi connectivity index (χ1) is 10.6. The largest absolute Gasteiger partial charge is 0.496 e. The van der Waals surface area contributed by atoms with E-state index in [1.807, 2.05) is 47.4 Å². The minimum absolute atomic E-state index is 0.00192. The van der Waals surface area contributed by atoms with Crippen molar-refractivity contribution in [1.82, 2.24) is 0 Å². The zero-order valence-electron chi connectivity index (χ0n) is 13.3. The number of para-hydroxylation sites is 2. The van der Waals surface area contributed by atoms with E-state index < -0.39 is 0 Å². The van der Waals surface area contributed by atoms with E-state index in [4.69, 9.17) is 4.74 Å². The van der Waals surface area contributed by atoms with E-state index in [0.29, 0.717) is 17.9 Å². The van der Waals surface area contributed by atoms with Gasteiger partial charge in [0.15, 0.2) is 0 Å². The van der Waals surface area contributed by atoms with Crippen LogP contribution in [0.3, 0.4) is 0 Å². The monoisotopic (exact) mass is 295 g/mol. The Morgan fingerprint density at radius 2 is 1.86 bits per heavy atom. The summed E-state index contributed by atoms with van der Waals surface area (Å²) in [7, 11) is 1.60. The van der Waals surface area contributed by atoms with Gasteiger partial charge >= 0.3 is 0 Å². The summed E-state index contributed by atoms with van der Waals surface area (Å²) in [6.07, 6.45) is 1.000. The van der Waals surface area contributed by atoms with Crippen LogP contribution in [0, 0.1) is 0 Å². The molecule has 22 heavy (non-hydrogen) atoms. The van der Waals surface area contributed by atoms with Gasteiger partial charge in [-0.25, -0.2) is 0 Å². The number of carbonyl (C=O) groups excluding carboxylic acids is 1. The van der Waals surface area contributed by atoms with Crippen molar-refractivity contribution in [3.05, 3.63) is 59.7 Å². The Morgan fingerprint density at radius 3 is 2.59 bits per heavy atom. The average Bonchev–Trinajstić information content (AvgIpc) is 2.88. The Labute approximate surface area is 131 Å². The maximum atomic E-state index is 13.0. The maximum Gasteiger partial charge on any atom is 0.262 e. The summed E-state index contributed by atoms with van der Waals surface area (Å²) in [5, 5.41) is 0. The number of hydrogen-bond donors (Lipinski definition) is 0. The van der Waals surface area contributed by atoms with E-state index in [9.17, 15) is 4.79 Å². The fourth-order valence-corrected chi connectivity index (χ4v) is 3.19. The van der Waals surface area contributed by atoms with Gasteiger partial charge in [0.05, 0.1) is 12.7 Å². The van der Waals surface area contributed by atoms with Gasteiger partial charge in [-0.2, -0.15) is 0 Å². The molecule has 1 amide bonds. The predicted octanol–water partition coefficient (Wildman–Crippen LogP) is 4.02. The van der Waals surface area contributed by atoms with E-state index >= 15 is 0 Å². The molecule has 2 aromatic carbocycles. The van der Waals surface area contributed by atoms with Crippen molar-refractivity contribution in [2.75, 3.05) is 18.6 Å². The summed E-state index contributed by atoms with van der Waals surface area (Å²) in [6.45, 7) is 5.11. The third-order valence-electron chi connectivity index (χ3n) is 4.72. The van der Waals surface area contributed by atoms with Crippen molar-refractivity contribution in [3.8, 4) is 5.75 Å². The van der Waals surface area contributed by atoms with Crippen LogP contribution in [0.25, 0.3) is 0 Å². The van der Waals surface area contributed by atoms with E-state index in [1.165, 1.54) is 5.56 Å². The Kier molecular flexibility index (Phi) is 3.65. The molecule has 0 bridgehead atoms. The first kappa shape index (κ1) is 14.6. The van der Waals surface area contributed by atoms with Crippen LogP contribution >= 0.6 is 0 Å². The number of benzene rings is 2. The fourth-order valence-electron chi connectivity index (χ4n) is 3.19. The Bertz CT molecular complexity index is 710. The van der Waals surface area contributed by atoms with Crippen molar-refractivity contribution in [2.45, 2.75) is 25.7 Å². The van der Waals surface area contributed by atoms with Crippen molar-refractivity contribution in [2.24, 2.45) is 0 Å². The lowest BCUT2D eigenvalue weighted by molar-refractivity contribution is 0.0982. The zero-order valence-corrected chi connectivity index (χ0v) is 13.3. The molecule has 0 N–H and O–H groups in total. The first-order valence-electron chi connectivity index (χ1n) is 7.65. The second kappa shape index (κ2) is 5.48. The molecule has 3 nitrogen and oxygen atoms in total. The van der Waals surface area contributed by atoms with Crippen molar-refractivity contribution < 1.29 is 9.53 Å². The SMILES string of the molecule is CCC1(C)CN(C(=O)c2ccccc2OC)c2ccccc21. The van der Waals surface area contributed by atoms with Crippen LogP contribution in [-0.4, -0.2) is 19.6 Å². The minimum Gasteiger partial charge on any atom is -0.496 e. The number of nitrogens with zero attached hydrogens (tertiary/aromatic N) is 1. The molecule has 0 radical (unpaired) electrons. The normalized spacial score (nSPS) is 19.9. The minimum atomic E-state index is 0.00192. The topological polar surface area (TPSA) is 29.5 Å². The number of amides is 1. The van der Waals surface area contributed by atoms with Gasteiger partial charge < -0.3 is 9.64 Å². The summed E-state index contributed by atoms with van der Waals surface area (Å²) < 4.78 is 5.34. The van der Waals surface area contributed by atoms with Crippen LogP contribution in [0.5, 0.6) is 5.75 Å². The molecule has 0 saturated carbocycles.